The minimum atomic E-state index is -0.650. The molecule has 1 rings (SSSR count). The Labute approximate surface area is 93.4 Å². The highest BCUT2D eigenvalue weighted by atomic mass is 32.2. The van der Waals surface area contributed by atoms with Crippen molar-refractivity contribution in [2.24, 2.45) is 0 Å². The number of aliphatic hydroxyl groups excluding tert-OH is 1. The highest BCUT2D eigenvalue weighted by Crippen LogP contribution is 2.18. The summed E-state index contributed by atoms with van der Waals surface area (Å²) in [7, 11) is 1.32. The predicted octanol–water partition coefficient (Wildman–Crippen LogP) is 1.70. The fourth-order valence-electron chi connectivity index (χ4n) is 1.04. The molecule has 1 aromatic rings. The molecule has 0 bridgehead atoms. The second-order valence-electron chi connectivity index (χ2n) is 3.06. The van der Waals surface area contributed by atoms with E-state index < -0.39 is 6.10 Å². The SMILES string of the molecule is COC(=O)C[C@H](O)CSc1ccccc1. The van der Waals surface area contributed by atoms with E-state index >= 15 is 0 Å². The number of hydrogen-bond acceptors (Lipinski definition) is 4. The summed E-state index contributed by atoms with van der Waals surface area (Å²) in [6, 6.07) is 9.75. The molecule has 0 saturated heterocycles. The summed E-state index contributed by atoms with van der Waals surface area (Å²) in [6.45, 7) is 0. The number of hydrogen-bond donors (Lipinski definition) is 1. The molecule has 0 aliphatic carbocycles. The molecule has 4 heteroatoms. The van der Waals surface area contributed by atoms with Crippen LogP contribution in [0.1, 0.15) is 6.42 Å². The largest absolute Gasteiger partial charge is 0.469 e. The van der Waals surface area contributed by atoms with Gasteiger partial charge in [-0.15, -0.1) is 11.8 Å². The zero-order valence-corrected chi connectivity index (χ0v) is 9.37. The monoisotopic (exact) mass is 226 g/mol. The fraction of sp³-hybridized carbons (Fsp3) is 0.364. The van der Waals surface area contributed by atoms with Gasteiger partial charge in [0.2, 0.25) is 0 Å². The number of thioether (sulfide) groups is 1. The van der Waals surface area contributed by atoms with Gasteiger partial charge >= 0.3 is 5.97 Å². The maximum Gasteiger partial charge on any atom is 0.308 e. The van der Waals surface area contributed by atoms with Gasteiger partial charge in [0.15, 0.2) is 0 Å². The molecular formula is C11H14O3S. The third-order valence-corrected chi connectivity index (χ3v) is 2.97. The van der Waals surface area contributed by atoms with E-state index in [1.54, 1.807) is 0 Å². The number of rotatable bonds is 5. The van der Waals surface area contributed by atoms with Crippen LogP contribution in [0.3, 0.4) is 0 Å². The van der Waals surface area contributed by atoms with E-state index in [4.69, 9.17) is 0 Å². The summed E-state index contributed by atoms with van der Waals surface area (Å²) in [5, 5.41) is 9.49. The highest BCUT2D eigenvalue weighted by molar-refractivity contribution is 7.99. The Kier molecular flexibility index (Phi) is 5.21. The topological polar surface area (TPSA) is 46.5 Å². The average Bonchev–Trinajstić information content (AvgIpc) is 2.27. The molecule has 15 heavy (non-hydrogen) atoms. The number of benzene rings is 1. The molecule has 0 aliphatic heterocycles. The first-order valence-electron chi connectivity index (χ1n) is 4.65. The fourth-order valence-corrected chi connectivity index (χ4v) is 1.90. The maximum absolute atomic E-state index is 10.8. The van der Waals surface area contributed by atoms with E-state index in [1.165, 1.54) is 18.9 Å². The van der Waals surface area contributed by atoms with Crippen molar-refractivity contribution in [1.29, 1.82) is 0 Å². The normalized spacial score (nSPS) is 12.1. The van der Waals surface area contributed by atoms with Crippen LogP contribution in [-0.4, -0.2) is 30.0 Å². The molecule has 0 radical (unpaired) electrons. The van der Waals surface area contributed by atoms with Crippen LogP contribution in [0.4, 0.5) is 0 Å². The van der Waals surface area contributed by atoms with Crippen molar-refractivity contribution >= 4 is 17.7 Å². The van der Waals surface area contributed by atoms with E-state index in [2.05, 4.69) is 4.74 Å². The predicted molar refractivity (Wildman–Crippen MR) is 59.8 cm³/mol. The van der Waals surface area contributed by atoms with Crippen LogP contribution in [0.5, 0.6) is 0 Å². The van der Waals surface area contributed by atoms with Crippen LogP contribution in [0.25, 0.3) is 0 Å². The number of ether oxygens (including phenoxy) is 1. The molecule has 0 aliphatic rings. The Morgan fingerprint density at radius 3 is 2.73 bits per heavy atom. The van der Waals surface area contributed by atoms with Crippen molar-refractivity contribution in [2.45, 2.75) is 17.4 Å². The molecule has 1 atom stereocenters. The molecule has 0 saturated carbocycles. The van der Waals surface area contributed by atoms with Crippen LogP contribution in [0, 0.1) is 0 Å². The zero-order chi connectivity index (χ0) is 11.1. The van der Waals surface area contributed by atoms with Crippen LogP contribution < -0.4 is 0 Å². The second-order valence-corrected chi connectivity index (χ2v) is 4.15. The van der Waals surface area contributed by atoms with Gasteiger partial charge in [-0.25, -0.2) is 0 Å². The van der Waals surface area contributed by atoms with Gasteiger partial charge in [0, 0.05) is 10.6 Å². The van der Waals surface area contributed by atoms with E-state index in [1.807, 2.05) is 30.3 Å². The molecule has 0 aromatic heterocycles. The lowest BCUT2D eigenvalue weighted by Crippen LogP contribution is -2.16. The quantitative estimate of drug-likeness (QED) is 0.613. The summed E-state index contributed by atoms with van der Waals surface area (Å²) in [4.78, 5) is 11.9. The lowest BCUT2D eigenvalue weighted by molar-refractivity contribution is -0.142. The second kappa shape index (κ2) is 6.48. The van der Waals surface area contributed by atoms with Gasteiger partial charge in [-0.3, -0.25) is 4.79 Å². The Morgan fingerprint density at radius 2 is 2.13 bits per heavy atom. The third-order valence-electron chi connectivity index (χ3n) is 1.82. The van der Waals surface area contributed by atoms with Crippen molar-refractivity contribution in [1.82, 2.24) is 0 Å². The number of carbonyl (C=O) groups is 1. The van der Waals surface area contributed by atoms with Crippen LogP contribution >= 0.6 is 11.8 Å². The minimum Gasteiger partial charge on any atom is -0.469 e. The van der Waals surface area contributed by atoms with Crippen molar-refractivity contribution in [2.75, 3.05) is 12.9 Å². The van der Waals surface area contributed by atoms with Gasteiger partial charge in [0.1, 0.15) is 0 Å². The third kappa shape index (κ3) is 4.85. The van der Waals surface area contributed by atoms with Crippen molar-refractivity contribution in [3.05, 3.63) is 30.3 Å². The van der Waals surface area contributed by atoms with E-state index in [-0.39, 0.29) is 12.4 Å². The summed E-state index contributed by atoms with van der Waals surface area (Å²) in [6.07, 6.45) is -0.598. The number of aliphatic hydroxyl groups is 1. The van der Waals surface area contributed by atoms with Gasteiger partial charge in [-0.2, -0.15) is 0 Å². The molecule has 3 nitrogen and oxygen atoms in total. The number of carbonyl (C=O) groups excluding carboxylic acids is 1. The minimum absolute atomic E-state index is 0.0519. The summed E-state index contributed by atoms with van der Waals surface area (Å²) in [5.41, 5.74) is 0. The van der Waals surface area contributed by atoms with Gasteiger partial charge < -0.3 is 9.84 Å². The smallest absolute Gasteiger partial charge is 0.308 e. The van der Waals surface area contributed by atoms with Crippen molar-refractivity contribution < 1.29 is 14.6 Å². The number of esters is 1. The molecule has 1 aromatic carbocycles. The standard InChI is InChI=1S/C11H14O3S/c1-14-11(13)7-9(12)8-15-10-5-3-2-4-6-10/h2-6,9,12H,7-8H2,1H3/t9-/m0/s1. The maximum atomic E-state index is 10.8. The molecular weight excluding hydrogens is 212 g/mol. The van der Waals surface area contributed by atoms with E-state index in [0.29, 0.717) is 5.75 Å². The van der Waals surface area contributed by atoms with Crippen LogP contribution in [0.15, 0.2) is 35.2 Å². The van der Waals surface area contributed by atoms with Crippen LogP contribution in [-0.2, 0) is 9.53 Å². The van der Waals surface area contributed by atoms with Crippen LogP contribution in [0.2, 0.25) is 0 Å². The Hall–Kier alpha value is -1.00. The lowest BCUT2D eigenvalue weighted by Gasteiger charge is -2.08. The first kappa shape index (κ1) is 12.1. The number of methoxy groups -OCH3 is 1. The van der Waals surface area contributed by atoms with Gasteiger partial charge in [0.25, 0.3) is 0 Å². The average molecular weight is 226 g/mol. The lowest BCUT2D eigenvalue weighted by atomic mass is 10.3. The Balaban J connectivity index is 2.28. The van der Waals surface area contributed by atoms with Gasteiger partial charge in [0.05, 0.1) is 19.6 Å². The van der Waals surface area contributed by atoms with Crippen molar-refractivity contribution in [3.8, 4) is 0 Å². The van der Waals surface area contributed by atoms with E-state index in [9.17, 15) is 9.90 Å². The summed E-state index contributed by atoms with van der Waals surface area (Å²) in [5.74, 6) is 0.121. The first-order valence-corrected chi connectivity index (χ1v) is 5.63. The Bertz CT molecular complexity index is 300. The van der Waals surface area contributed by atoms with Gasteiger partial charge in [-0.05, 0) is 12.1 Å². The molecule has 0 fully saturated rings. The molecule has 82 valence electrons. The molecule has 0 unspecified atom stereocenters. The summed E-state index contributed by atoms with van der Waals surface area (Å²) >= 11 is 1.52. The summed E-state index contributed by atoms with van der Waals surface area (Å²) < 4.78 is 4.46. The van der Waals surface area contributed by atoms with Gasteiger partial charge in [-0.1, -0.05) is 18.2 Å². The van der Waals surface area contributed by atoms with E-state index in [0.717, 1.165) is 4.90 Å². The molecule has 0 amide bonds. The molecule has 0 heterocycles. The van der Waals surface area contributed by atoms with Crippen molar-refractivity contribution in [3.63, 3.8) is 0 Å². The Morgan fingerprint density at radius 1 is 1.47 bits per heavy atom. The highest BCUT2D eigenvalue weighted by Gasteiger charge is 2.10. The molecule has 1 N–H and O–H groups in total. The zero-order valence-electron chi connectivity index (χ0n) is 8.55. The molecule has 0 spiro atoms. The first-order chi connectivity index (χ1) is 7.22.